The van der Waals surface area contributed by atoms with Gasteiger partial charge in [0.1, 0.15) is 0 Å². The van der Waals surface area contributed by atoms with Gasteiger partial charge >= 0.3 is 0 Å². The van der Waals surface area contributed by atoms with Gasteiger partial charge in [0, 0.05) is 55.4 Å². The van der Waals surface area contributed by atoms with E-state index in [0.29, 0.717) is 0 Å². The van der Waals surface area contributed by atoms with Crippen LogP contribution in [0.5, 0.6) is 0 Å². The van der Waals surface area contributed by atoms with Gasteiger partial charge in [0.05, 0.1) is 0 Å². The van der Waals surface area contributed by atoms with Gasteiger partial charge < -0.3 is 10.2 Å². The first-order chi connectivity index (χ1) is 24.5. The van der Waals surface area contributed by atoms with Gasteiger partial charge in [0.25, 0.3) is 0 Å². The molecule has 2 aliphatic carbocycles. The van der Waals surface area contributed by atoms with E-state index in [4.69, 9.17) is 0 Å². The van der Waals surface area contributed by atoms with E-state index in [-0.39, 0.29) is 0 Å². The maximum Gasteiger partial charge on any atom is 0.0464 e. The van der Waals surface area contributed by atoms with E-state index >= 15 is 0 Å². The van der Waals surface area contributed by atoms with Crippen LogP contribution in [-0.2, 0) is 25.7 Å². The number of halogens is 1. The molecule has 0 unspecified atom stereocenters. The summed E-state index contributed by atoms with van der Waals surface area (Å²) >= 11 is 3.43. The maximum absolute atomic E-state index is 4.50. The van der Waals surface area contributed by atoms with Crippen molar-refractivity contribution >= 4 is 79.1 Å². The van der Waals surface area contributed by atoms with Crippen LogP contribution in [0.15, 0.2) is 163 Å². The Morgan fingerprint density at radius 3 is 1.44 bits per heavy atom. The van der Waals surface area contributed by atoms with E-state index in [2.05, 4.69) is 146 Å². The molecule has 0 heterocycles. The fourth-order valence-electron chi connectivity index (χ4n) is 5.66. The average Bonchev–Trinajstić information content (AvgIpc) is 3.13. The Kier molecular flexibility index (Phi) is 13.6. The second-order valence-corrected chi connectivity index (χ2v) is 12.8. The number of aryl methyl sites for hydroxylation is 4. The topological polar surface area (TPSA) is 15.3 Å². The quantitative estimate of drug-likeness (QED) is 0.166. The fourth-order valence-corrected chi connectivity index (χ4v) is 6.07. The monoisotopic (exact) mass is 707 g/mol. The van der Waals surface area contributed by atoms with E-state index < -0.39 is 0 Å². The van der Waals surface area contributed by atoms with Gasteiger partial charge in [-0.15, -0.1) is 0 Å². The number of hydrogen-bond acceptors (Lipinski definition) is 2. The molecule has 0 saturated carbocycles. The SMILES string of the molecule is Brc1ccc2c(c1)CC2.C=Cc1ccc(N(c2ccccc2)c2ccc3c(c2)CC3)cc1.C=Cc1ccc(Nc2ccccc2)cc1.[B][B][B]. The summed E-state index contributed by atoms with van der Waals surface area (Å²) in [7, 11) is 10.0. The molecule has 241 valence electrons. The van der Waals surface area contributed by atoms with Crippen molar-refractivity contribution in [3.05, 3.63) is 197 Å². The Bertz CT molecular complexity index is 1960. The molecule has 1 N–H and O–H groups in total. The Hall–Kier alpha value is -4.93. The summed E-state index contributed by atoms with van der Waals surface area (Å²) in [6, 6.07) is 50.7. The molecule has 0 fully saturated rings. The zero-order valence-electron chi connectivity index (χ0n) is 28.3. The van der Waals surface area contributed by atoms with Crippen molar-refractivity contribution in [3.63, 3.8) is 0 Å². The zero-order valence-corrected chi connectivity index (χ0v) is 29.9. The van der Waals surface area contributed by atoms with Crippen molar-refractivity contribution in [2.45, 2.75) is 25.7 Å². The van der Waals surface area contributed by atoms with Crippen LogP contribution in [0.25, 0.3) is 12.2 Å². The van der Waals surface area contributed by atoms with Crippen molar-refractivity contribution < 1.29 is 0 Å². The molecule has 0 saturated heterocycles. The Labute approximate surface area is 310 Å². The summed E-state index contributed by atoms with van der Waals surface area (Å²) in [5.74, 6) is 0. The van der Waals surface area contributed by atoms with Crippen LogP contribution in [0.2, 0.25) is 0 Å². The third kappa shape index (κ3) is 10.1. The molecule has 50 heavy (non-hydrogen) atoms. The minimum atomic E-state index is 1.00. The van der Waals surface area contributed by atoms with Crippen LogP contribution in [0.1, 0.15) is 33.4 Å². The van der Waals surface area contributed by atoms with Crippen LogP contribution in [0.3, 0.4) is 0 Å². The van der Waals surface area contributed by atoms with Gasteiger partial charge in [0.15, 0.2) is 0 Å². The number of para-hydroxylation sites is 2. The zero-order chi connectivity index (χ0) is 35.1. The number of nitrogens with zero attached hydrogens (tertiary/aromatic N) is 1. The highest BCUT2D eigenvalue weighted by atomic mass is 79.9. The second-order valence-electron chi connectivity index (χ2n) is 11.8. The molecule has 6 aromatic rings. The molecule has 8 rings (SSSR count). The Balaban J connectivity index is 0.000000154. The highest BCUT2D eigenvalue weighted by Gasteiger charge is 2.17. The van der Waals surface area contributed by atoms with Crippen molar-refractivity contribution in [1.29, 1.82) is 0 Å². The summed E-state index contributed by atoms with van der Waals surface area (Å²) in [5.41, 5.74) is 14.0. The van der Waals surface area contributed by atoms with Crippen molar-refractivity contribution in [2.24, 2.45) is 0 Å². The number of nitrogens with one attached hydrogen (secondary N) is 1. The predicted octanol–water partition coefficient (Wildman–Crippen LogP) is 11.4. The average molecular weight is 708 g/mol. The Morgan fingerprint density at radius 1 is 0.520 bits per heavy atom. The van der Waals surface area contributed by atoms with Gasteiger partial charge in [-0.05, 0) is 132 Å². The van der Waals surface area contributed by atoms with Gasteiger partial charge in [-0.25, -0.2) is 0 Å². The van der Waals surface area contributed by atoms with E-state index in [0.717, 1.165) is 29.6 Å². The van der Waals surface area contributed by atoms with Crippen LogP contribution in [0, 0.1) is 0 Å². The number of fused-ring (bicyclic) bond motifs is 2. The molecular formula is C44H39B3BrN2. The summed E-state index contributed by atoms with van der Waals surface area (Å²) in [6.07, 6.45) is 8.68. The van der Waals surface area contributed by atoms with Gasteiger partial charge in [-0.3, -0.25) is 0 Å². The van der Waals surface area contributed by atoms with Gasteiger partial charge in [-0.2, -0.15) is 0 Å². The maximum atomic E-state index is 4.50. The summed E-state index contributed by atoms with van der Waals surface area (Å²) in [6.45, 7) is 7.56. The second kappa shape index (κ2) is 18.7. The third-order valence-electron chi connectivity index (χ3n) is 8.55. The highest BCUT2D eigenvalue weighted by Crippen LogP contribution is 2.37. The van der Waals surface area contributed by atoms with Crippen LogP contribution in [0.4, 0.5) is 28.4 Å². The Morgan fingerprint density at radius 2 is 0.960 bits per heavy atom. The molecule has 5 radical (unpaired) electrons. The van der Waals surface area contributed by atoms with Crippen LogP contribution in [-0.4, -0.2) is 22.5 Å². The highest BCUT2D eigenvalue weighted by molar-refractivity contribution is 9.10. The summed E-state index contributed by atoms with van der Waals surface area (Å²) < 4.78 is 1.21. The van der Waals surface area contributed by atoms with Crippen LogP contribution < -0.4 is 10.2 Å². The normalized spacial score (nSPS) is 11.3. The number of rotatable bonds is 7. The molecule has 2 aliphatic rings. The first-order valence-corrected chi connectivity index (χ1v) is 17.6. The summed E-state index contributed by atoms with van der Waals surface area (Å²) in [5, 5.41) is 3.32. The molecule has 0 aliphatic heterocycles. The third-order valence-corrected chi connectivity index (χ3v) is 9.05. The lowest BCUT2D eigenvalue weighted by molar-refractivity contribution is 0.838. The number of hydrogen-bond donors (Lipinski definition) is 1. The van der Waals surface area contributed by atoms with Crippen LogP contribution >= 0.6 is 15.9 Å². The molecule has 6 heteroatoms. The molecule has 0 aromatic heterocycles. The fraction of sp³-hybridized carbons (Fsp3) is 0.0909. The van der Waals surface area contributed by atoms with E-state index in [1.54, 1.807) is 0 Å². The molecular weight excluding hydrogens is 669 g/mol. The molecule has 2 nitrogen and oxygen atoms in total. The molecule has 6 aromatic carbocycles. The first kappa shape index (κ1) is 36.4. The molecule has 0 amide bonds. The number of benzene rings is 6. The minimum absolute atomic E-state index is 1.00. The summed E-state index contributed by atoms with van der Waals surface area (Å²) in [4.78, 5) is 2.31. The van der Waals surface area contributed by atoms with E-state index in [1.165, 1.54) is 69.5 Å². The van der Waals surface area contributed by atoms with Crippen molar-refractivity contribution in [3.8, 4) is 0 Å². The van der Waals surface area contributed by atoms with Gasteiger partial charge in [0.2, 0.25) is 0 Å². The van der Waals surface area contributed by atoms with Crippen molar-refractivity contribution in [2.75, 3.05) is 10.2 Å². The van der Waals surface area contributed by atoms with E-state index in [9.17, 15) is 0 Å². The largest absolute Gasteiger partial charge is 0.356 e. The predicted molar refractivity (Wildman–Crippen MR) is 224 cm³/mol. The standard InChI is InChI=1S/C22H19N.C14H13N.C8H7Br.B3/c1-2-17-8-13-21(14-9-17)23(20-6-4-3-5-7-20)22-15-12-18-10-11-19(18)16-22;1-2-12-8-10-14(11-9-12)15-13-6-4-3-5-7-13;9-8-4-3-6-1-2-7(6)5-8;1-3-2/h2-9,12-16H,1,10-11H2;2-11,15H,1H2;3-5H,1-2H2;. The first-order valence-electron chi connectivity index (χ1n) is 16.8. The lowest BCUT2D eigenvalue weighted by Crippen LogP contribution is -2.13. The lowest BCUT2D eigenvalue weighted by atomic mass is 9.40. The number of anilines is 5. The molecule has 0 bridgehead atoms. The minimum Gasteiger partial charge on any atom is -0.356 e. The molecule has 0 spiro atoms. The van der Waals surface area contributed by atoms with Gasteiger partial charge in [-0.1, -0.05) is 114 Å². The van der Waals surface area contributed by atoms with E-state index in [1.807, 2.05) is 66.7 Å². The lowest BCUT2D eigenvalue weighted by Gasteiger charge is -2.28. The van der Waals surface area contributed by atoms with Crippen molar-refractivity contribution in [1.82, 2.24) is 0 Å². The smallest absolute Gasteiger partial charge is 0.0464 e. The molecule has 0 atom stereocenters.